The molecule has 0 radical (unpaired) electrons. The molecule has 3 atom stereocenters. The third kappa shape index (κ3) is 2.08. The Balaban J connectivity index is 1.49. The number of carbonyl (C=O) groups excluding carboxylic acids is 1. The number of amides is 1. The van der Waals surface area contributed by atoms with Gasteiger partial charge >= 0.3 is 0 Å². The molecular weight excluding hydrogens is 252 g/mol. The molecule has 2 aromatic heterocycles. The van der Waals surface area contributed by atoms with Gasteiger partial charge in [0.15, 0.2) is 0 Å². The molecule has 0 saturated carbocycles. The van der Waals surface area contributed by atoms with Gasteiger partial charge in [0.1, 0.15) is 0 Å². The molecule has 20 heavy (non-hydrogen) atoms. The summed E-state index contributed by atoms with van der Waals surface area (Å²) in [6.45, 7) is 3.40. The smallest absolute Gasteiger partial charge is 0.253 e. The van der Waals surface area contributed by atoms with Gasteiger partial charge in [-0.1, -0.05) is 0 Å². The molecule has 2 bridgehead atoms. The fourth-order valence-electron chi connectivity index (χ4n) is 3.49. The van der Waals surface area contributed by atoms with Crippen molar-refractivity contribution in [2.45, 2.75) is 18.9 Å². The van der Waals surface area contributed by atoms with Crippen LogP contribution in [0.15, 0.2) is 30.9 Å². The third-order valence-electron chi connectivity index (χ3n) is 4.47. The van der Waals surface area contributed by atoms with Crippen LogP contribution in [-0.2, 0) is 0 Å². The van der Waals surface area contributed by atoms with Gasteiger partial charge in [-0.25, -0.2) is 4.98 Å². The van der Waals surface area contributed by atoms with Crippen LogP contribution in [0.1, 0.15) is 23.2 Å². The second-order valence-electron chi connectivity index (χ2n) is 5.96. The highest BCUT2D eigenvalue weighted by Crippen LogP contribution is 2.26. The van der Waals surface area contributed by atoms with E-state index in [0.29, 0.717) is 11.6 Å². The Kier molecular flexibility index (Phi) is 2.73. The molecule has 0 aromatic carbocycles. The highest BCUT2D eigenvalue weighted by molar-refractivity contribution is 5.94. The average Bonchev–Trinajstić information content (AvgIpc) is 3.04. The van der Waals surface area contributed by atoms with Crippen LogP contribution in [0.4, 0.5) is 0 Å². The Labute approximate surface area is 117 Å². The maximum Gasteiger partial charge on any atom is 0.253 e. The normalized spacial score (nSPS) is 28.7. The number of imidazole rings is 1. The molecule has 1 unspecified atom stereocenters. The maximum absolute atomic E-state index is 12.3. The lowest BCUT2D eigenvalue weighted by Gasteiger charge is -2.30. The van der Waals surface area contributed by atoms with Crippen molar-refractivity contribution < 1.29 is 4.79 Å². The molecule has 2 saturated heterocycles. The zero-order valence-corrected chi connectivity index (χ0v) is 11.3. The highest BCUT2D eigenvalue weighted by atomic mass is 16.1. The van der Waals surface area contributed by atoms with E-state index in [4.69, 9.17) is 0 Å². The number of piperidine rings is 1. The number of rotatable bonds is 2. The van der Waals surface area contributed by atoms with Gasteiger partial charge in [0.25, 0.3) is 5.91 Å². The lowest BCUT2D eigenvalue weighted by molar-refractivity contribution is 0.0909. The van der Waals surface area contributed by atoms with Gasteiger partial charge in [-0.05, 0) is 37.4 Å². The van der Waals surface area contributed by atoms with E-state index in [-0.39, 0.29) is 5.91 Å². The van der Waals surface area contributed by atoms with Gasteiger partial charge in [0.05, 0.1) is 23.6 Å². The lowest BCUT2D eigenvalue weighted by atomic mass is 9.96. The summed E-state index contributed by atoms with van der Waals surface area (Å²) in [4.78, 5) is 18.9. The first kappa shape index (κ1) is 11.9. The summed E-state index contributed by atoms with van der Waals surface area (Å²) in [5.74, 6) is 0.790. The quantitative estimate of drug-likeness (QED) is 0.891. The lowest BCUT2D eigenvalue weighted by Crippen LogP contribution is -2.47. The minimum absolute atomic E-state index is 0.0214. The third-order valence-corrected chi connectivity index (χ3v) is 4.47. The minimum Gasteiger partial charge on any atom is -0.348 e. The molecule has 5 nitrogen and oxygen atoms in total. The molecule has 2 fully saturated rings. The number of aromatic nitrogens is 2. The van der Waals surface area contributed by atoms with Gasteiger partial charge in [-0.2, -0.15) is 0 Å². The second kappa shape index (κ2) is 4.59. The van der Waals surface area contributed by atoms with E-state index in [2.05, 4.69) is 15.2 Å². The van der Waals surface area contributed by atoms with Crippen LogP contribution in [0.25, 0.3) is 5.52 Å². The molecule has 4 rings (SSSR count). The van der Waals surface area contributed by atoms with Gasteiger partial charge in [-0.3, -0.25) is 4.79 Å². The van der Waals surface area contributed by atoms with Crippen LogP contribution in [0.3, 0.4) is 0 Å². The van der Waals surface area contributed by atoms with Gasteiger partial charge in [-0.15, -0.1) is 0 Å². The van der Waals surface area contributed by atoms with Crippen molar-refractivity contribution in [3.63, 3.8) is 0 Å². The summed E-state index contributed by atoms with van der Waals surface area (Å²) < 4.78 is 1.88. The van der Waals surface area contributed by atoms with Crippen LogP contribution in [-0.4, -0.2) is 45.9 Å². The number of carbonyl (C=O) groups is 1. The summed E-state index contributed by atoms with van der Waals surface area (Å²) in [5, 5.41) is 3.18. The molecule has 5 heteroatoms. The number of hydrogen-bond donors (Lipinski definition) is 1. The first-order valence-corrected chi connectivity index (χ1v) is 7.23. The van der Waals surface area contributed by atoms with Crippen LogP contribution in [0.5, 0.6) is 0 Å². The molecule has 2 aromatic rings. The fraction of sp³-hybridized carbons (Fsp3) is 0.467. The second-order valence-corrected chi connectivity index (χ2v) is 5.96. The van der Waals surface area contributed by atoms with E-state index >= 15 is 0 Å². The van der Waals surface area contributed by atoms with Crippen molar-refractivity contribution >= 4 is 11.4 Å². The Hall–Kier alpha value is -1.88. The molecule has 1 N–H and O–H groups in total. The maximum atomic E-state index is 12.3. The number of nitrogens with zero attached hydrogens (tertiary/aromatic N) is 3. The molecule has 2 aliphatic heterocycles. The summed E-state index contributed by atoms with van der Waals surface area (Å²) in [6, 6.07) is 4.09. The summed E-state index contributed by atoms with van der Waals surface area (Å²) in [5.41, 5.74) is 1.70. The number of hydrogen-bond acceptors (Lipinski definition) is 3. The summed E-state index contributed by atoms with van der Waals surface area (Å²) in [7, 11) is 0. The molecule has 104 valence electrons. The van der Waals surface area contributed by atoms with Crippen molar-refractivity contribution in [2.75, 3.05) is 19.6 Å². The number of nitrogens with one attached hydrogen (secondary N) is 1. The van der Waals surface area contributed by atoms with Crippen LogP contribution >= 0.6 is 0 Å². The average molecular weight is 270 g/mol. The molecular formula is C15H18N4O. The van der Waals surface area contributed by atoms with Crippen molar-refractivity contribution in [2.24, 2.45) is 5.92 Å². The van der Waals surface area contributed by atoms with E-state index in [1.54, 1.807) is 12.5 Å². The van der Waals surface area contributed by atoms with E-state index in [9.17, 15) is 4.79 Å². The first-order chi connectivity index (χ1) is 9.78. The summed E-state index contributed by atoms with van der Waals surface area (Å²) in [6.07, 6.45) is 7.75. The Morgan fingerprint density at radius 3 is 3.20 bits per heavy atom. The van der Waals surface area contributed by atoms with E-state index < -0.39 is 0 Å². The minimum atomic E-state index is 0.0214. The standard InChI is InChI=1S/C15H18N4O/c20-15(12-1-2-14-6-16-10-19(14)8-12)17-13-5-11-3-4-18(7-11)9-13/h1-2,6,8,10-11,13H,3-5,7,9H2,(H,17,20)/t11-,13+/m0/s1. The molecule has 2 aliphatic rings. The van der Waals surface area contributed by atoms with Gasteiger partial charge in [0, 0.05) is 25.3 Å². The molecule has 1 amide bonds. The predicted octanol–water partition coefficient (Wildman–Crippen LogP) is 1.16. The van der Waals surface area contributed by atoms with Crippen molar-refractivity contribution in [1.29, 1.82) is 0 Å². The van der Waals surface area contributed by atoms with Crippen molar-refractivity contribution in [3.05, 3.63) is 36.4 Å². The zero-order chi connectivity index (χ0) is 13.5. The van der Waals surface area contributed by atoms with Crippen LogP contribution < -0.4 is 5.32 Å². The SMILES string of the molecule is O=C(N[C@@H]1C[C@@H]2CCN(C2)C1)c1ccc2cncn2c1. The fourth-order valence-corrected chi connectivity index (χ4v) is 3.49. The van der Waals surface area contributed by atoms with Crippen molar-refractivity contribution in [1.82, 2.24) is 19.6 Å². The topological polar surface area (TPSA) is 49.6 Å². The van der Waals surface area contributed by atoms with Crippen molar-refractivity contribution in [3.8, 4) is 0 Å². The highest BCUT2D eigenvalue weighted by Gasteiger charge is 2.32. The van der Waals surface area contributed by atoms with E-state index in [1.807, 2.05) is 22.7 Å². The predicted molar refractivity (Wildman–Crippen MR) is 75.6 cm³/mol. The number of pyridine rings is 1. The molecule has 0 aliphatic carbocycles. The molecule has 4 heterocycles. The summed E-state index contributed by atoms with van der Waals surface area (Å²) >= 11 is 0. The zero-order valence-electron chi connectivity index (χ0n) is 11.3. The number of fused-ring (bicyclic) bond motifs is 3. The van der Waals surface area contributed by atoms with Gasteiger partial charge < -0.3 is 14.6 Å². The largest absolute Gasteiger partial charge is 0.348 e. The van der Waals surface area contributed by atoms with E-state index in [0.717, 1.165) is 24.4 Å². The Morgan fingerprint density at radius 2 is 2.30 bits per heavy atom. The van der Waals surface area contributed by atoms with Crippen LogP contribution in [0, 0.1) is 5.92 Å². The van der Waals surface area contributed by atoms with Crippen LogP contribution in [0.2, 0.25) is 0 Å². The molecule has 0 spiro atoms. The monoisotopic (exact) mass is 270 g/mol. The Bertz CT molecular complexity index is 638. The first-order valence-electron chi connectivity index (χ1n) is 7.23. The van der Waals surface area contributed by atoms with E-state index in [1.165, 1.54) is 19.5 Å². The van der Waals surface area contributed by atoms with Gasteiger partial charge in [0.2, 0.25) is 0 Å². The Morgan fingerprint density at radius 1 is 1.35 bits per heavy atom.